The molecule has 2 nitrogen and oxygen atoms in total. The molecule has 0 bridgehead atoms. The highest BCUT2D eigenvalue weighted by molar-refractivity contribution is 8.02. The summed E-state index contributed by atoms with van der Waals surface area (Å²) in [6.45, 7) is 0. The number of anilines is 1. The zero-order valence-electron chi connectivity index (χ0n) is 10.0. The van der Waals surface area contributed by atoms with Gasteiger partial charge in [-0.15, -0.1) is 0 Å². The quantitative estimate of drug-likeness (QED) is 0.672. The Morgan fingerprint density at radius 2 is 1.74 bits per heavy atom. The summed E-state index contributed by atoms with van der Waals surface area (Å²) in [5.74, 6) is -0.462. The normalized spacial score (nSPS) is 10.6. The van der Waals surface area contributed by atoms with Crippen molar-refractivity contribution in [1.82, 2.24) is 0 Å². The lowest BCUT2D eigenvalue weighted by molar-refractivity contribution is -0.111. The van der Waals surface area contributed by atoms with E-state index in [9.17, 15) is 9.18 Å². The second kappa shape index (κ2) is 6.75. The Hall–Kier alpha value is -2.07. The minimum absolute atomic E-state index is 0.194. The second-order valence-electron chi connectivity index (χ2n) is 3.73. The van der Waals surface area contributed by atoms with Gasteiger partial charge in [0.05, 0.1) is 0 Å². The lowest BCUT2D eigenvalue weighted by Crippen LogP contribution is -2.07. The number of amides is 1. The fraction of sp³-hybridized carbons (Fsp3) is 0. The van der Waals surface area contributed by atoms with Crippen molar-refractivity contribution in [3.8, 4) is 0 Å². The van der Waals surface area contributed by atoms with Crippen LogP contribution in [-0.2, 0) is 4.79 Å². The van der Waals surface area contributed by atoms with Crippen LogP contribution in [0.25, 0.3) is 0 Å². The van der Waals surface area contributed by atoms with E-state index in [-0.39, 0.29) is 11.7 Å². The summed E-state index contributed by atoms with van der Waals surface area (Å²) in [5, 5.41) is 4.41. The second-order valence-corrected chi connectivity index (χ2v) is 4.71. The SMILES string of the molecule is O=C(/C=C/Sc1ccc(F)cc1)Nc1ccccc1. The first kappa shape index (κ1) is 13.4. The van der Waals surface area contributed by atoms with Gasteiger partial charge in [-0.1, -0.05) is 30.0 Å². The Balaban J connectivity index is 1.85. The maximum Gasteiger partial charge on any atom is 0.248 e. The van der Waals surface area contributed by atoms with Crippen molar-refractivity contribution in [3.05, 3.63) is 71.9 Å². The van der Waals surface area contributed by atoms with Crippen molar-refractivity contribution in [2.24, 2.45) is 0 Å². The molecule has 2 aromatic rings. The number of hydrogen-bond donors (Lipinski definition) is 1. The van der Waals surface area contributed by atoms with Crippen molar-refractivity contribution in [3.63, 3.8) is 0 Å². The minimum Gasteiger partial charge on any atom is -0.322 e. The smallest absolute Gasteiger partial charge is 0.248 e. The number of carbonyl (C=O) groups is 1. The molecule has 1 amide bonds. The number of para-hydroxylation sites is 1. The highest BCUT2D eigenvalue weighted by atomic mass is 32.2. The zero-order valence-corrected chi connectivity index (χ0v) is 10.9. The summed E-state index contributed by atoms with van der Waals surface area (Å²) < 4.78 is 12.7. The molecule has 0 aliphatic rings. The summed E-state index contributed by atoms with van der Waals surface area (Å²) in [6.07, 6.45) is 1.45. The largest absolute Gasteiger partial charge is 0.322 e. The van der Waals surface area contributed by atoms with Crippen LogP contribution < -0.4 is 5.32 Å². The Morgan fingerprint density at radius 1 is 1.05 bits per heavy atom. The van der Waals surface area contributed by atoms with Crippen LogP contribution in [0.1, 0.15) is 0 Å². The lowest BCUT2D eigenvalue weighted by atomic mass is 10.3. The van der Waals surface area contributed by atoms with Gasteiger partial charge >= 0.3 is 0 Å². The molecule has 4 heteroatoms. The molecule has 0 fully saturated rings. The molecule has 2 rings (SSSR count). The number of hydrogen-bond acceptors (Lipinski definition) is 2. The van der Waals surface area contributed by atoms with Crippen molar-refractivity contribution in [1.29, 1.82) is 0 Å². The molecule has 0 aliphatic heterocycles. The Bertz CT molecular complexity index is 566. The van der Waals surface area contributed by atoms with Crippen molar-refractivity contribution in [2.45, 2.75) is 4.90 Å². The maximum absolute atomic E-state index is 12.7. The highest BCUT2D eigenvalue weighted by Gasteiger charge is 1.96. The van der Waals surface area contributed by atoms with Crippen molar-refractivity contribution < 1.29 is 9.18 Å². The fourth-order valence-electron chi connectivity index (χ4n) is 1.39. The van der Waals surface area contributed by atoms with E-state index in [1.807, 2.05) is 30.3 Å². The molecule has 2 aromatic carbocycles. The molecule has 0 atom stereocenters. The third-order valence-electron chi connectivity index (χ3n) is 2.28. The Morgan fingerprint density at radius 3 is 2.42 bits per heavy atom. The van der Waals surface area contributed by atoms with Crippen LogP contribution in [0.3, 0.4) is 0 Å². The van der Waals surface area contributed by atoms with Crippen LogP contribution in [0.4, 0.5) is 10.1 Å². The van der Waals surface area contributed by atoms with Crippen LogP contribution in [0.15, 0.2) is 71.0 Å². The number of benzene rings is 2. The molecule has 0 spiro atoms. The molecule has 0 aromatic heterocycles. The predicted octanol–water partition coefficient (Wildman–Crippen LogP) is 4.07. The highest BCUT2D eigenvalue weighted by Crippen LogP contribution is 2.19. The van der Waals surface area contributed by atoms with Crippen LogP contribution in [0, 0.1) is 5.82 Å². The van der Waals surface area contributed by atoms with E-state index in [0.29, 0.717) is 0 Å². The van der Waals surface area contributed by atoms with Gasteiger partial charge in [-0.2, -0.15) is 0 Å². The molecular formula is C15H12FNOS. The average Bonchev–Trinajstić information content (AvgIpc) is 2.42. The van der Waals surface area contributed by atoms with Gasteiger partial charge in [0.15, 0.2) is 0 Å². The third-order valence-corrected chi connectivity index (χ3v) is 3.10. The first-order valence-electron chi connectivity index (χ1n) is 5.69. The van der Waals surface area contributed by atoms with Crippen LogP contribution >= 0.6 is 11.8 Å². The number of rotatable bonds is 4. The first-order chi connectivity index (χ1) is 9.24. The summed E-state index contributed by atoms with van der Waals surface area (Å²) in [5.41, 5.74) is 0.754. The van der Waals surface area contributed by atoms with Gasteiger partial charge in [0.1, 0.15) is 5.82 Å². The molecule has 0 heterocycles. The van der Waals surface area contributed by atoms with Gasteiger partial charge < -0.3 is 5.32 Å². The number of carbonyl (C=O) groups excluding carboxylic acids is 1. The summed E-state index contributed by atoms with van der Waals surface area (Å²) in [7, 11) is 0. The fourth-order valence-corrected chi connectivity index (χ4v) is 2.03. The van der Waals surface area contributed by atoms with Gasteiger partial charge in [0, 0.05) is 16.7 Å². The van der Waals surface area contributed by atoms with Crippen LogP contribution in [0.2, 0.25) is 0 Å². The van der Waals surface area contributed by atoms with Crippen molar-refractivity contribution >= 4 is 23.4 Å². The Kier molecular flexibility index (Phi) is 4.75. The van der Waals surface area contributed by atoms with Crippen LogP contribution in [0.5, 0.6) is 0 Å². The topological polar surface area (TPSA) is 29.1 Å². The van der Waals surface area contributed by atoms with E-state index in [1.54, 1.807) is 17.5 Å². The number of thioether (sulfide) groups is 1. The Labute approximate surface area is 115 Å². The van der Waals surface area contributed by atoms with Gasteiger partial charge in [-0.3, -0.25) is 4.79 Å². The van der Waals surface area contributed by atoms with E-state index in [0.717, 1.165) is 10.6 Å². The molecule has 0 unspecified atom stereocenters. The molecule has 0 saturated carbocycles. The molecular weight excluding hydrogens is 261 g/mol. The lowest BCUT2D eigenvalue weighted by Gasteiger charge is -2.00. The van der Waals surface area contributed by atoms with E-state index in [1.165, 1.54) is 30.0 Å². The van der Waals surface area contributed by atoms with Crippen LogP contribution in [-0.4, -0.2) is 5.91 Å². The van der Waals surface area contributed by atoms with E-state index in [4.69, 9.17) is 0 Å². The standard InChI is InChI=1S/C15H12FNOS/c16-12-6-8-14(9-7-12)19-11-10-15(18)17-13-4-2-1-3-5-13/h1-11H,(H,17,18)/b11-10+. The average molecular weight is 273 g/mol. The molecule has 0 saturated heterocycles. The van der Waals surface area contributed by atoms with E-state index in [2.05, 4.69) is 5.32 Å². The predicted molar refractivity (Wildman–Crippen MR) is 76.5 cm³/mol. The summed E-state index contributed by atoms with van der Waals surface area (Å²) >= 11 is 1.36. The van der Waals surface area contributed by atoms with Gasteiger partial charge in [-0.25, -0.2) is 4.39 Å². The van der Waals surface area contributed by atoms with Crippen molar-refractivity contribution in [2.75, 3.05) is 5.32 Å². The number of nitrogens with one attached hydrogen (secondary N) is 1. The monoisotopic (exact) mass is 273 g/mol. The van der Waals surface area contributed by atoms with Gasteiger partial charge in [0.25, 0.3) is 0 Å². The molecule has 96 valence electrons. The third kappa shape index (κ3) is 4.60. The first-order valence-corrected chi connectivity index (χ1v) is 6.57. The molecule has 1 N–H and O–H groups in total. The van der Waals surface area contributed by atoms with E-state index >= 15 is 0 Å². The summed E-state index contributed by atoms with van der Waals surface area (Å²) in [4.78, 5) is 12.5. The van der Waals surface area contributed by atoms with Gasteiger partial charge in [0.2, 0.25) is 5.91 Å². The van der Waals surface area contributed by atoms with E-state index < -0.39 is 0 Å². The summed E-state index contributed by atoms with van der Waals surface area (Å²) in [6, 6.07) is 15.3. The maximum atomic E-state index is 12.7. The molecule has 0 radical (unpaired) electrons. The van der Waals surface area contributed by atoms with Gasteiger partial charge in [-0.05, 0) is 41.8 Å². The molecule has 19 heavy (non-hydrogen) atoms. The number of halogens is 1. The zero-order chi connectivity index (χ0) is 13.5. The minimum atomic E-state index is -0.268. The molecule has 0 aliphatic carbocycles.